The SMILES string of the molecule is O=C(Nc1ccc(OC2CCCC2)cc1)Nc1ccc(N2CCC(CNC(=O)C3CSC(=O)N3)C2)cc1. The molecule has 2 heterocycles. The average molecular weight is 524 g/mol. The number of amides is 4. The Labute approximate surface area is 221 Å². The summed E-state index contributed by atoms with van der Waals surface area (Å²) in [5.41, 5.74) is 2.50. The molecule has 1 aliphatic carbocycles. The number of rotatable bonds is 8. The van der Waals surface area contributed by atoms with Crippen molar-refractivity contribution in [2.75, 3.05) is 40.9 Å². The van der Waals surface area contributed by atoms with Crippen LogP contribution in [0.1, 0.15) is 32.1 Å². The van der Waals surface area contributed by atoms with Gasteiger partial charge in [-0.05, 0) is 86.6 Å². The van der Waals surface area contributed by atoms with E-state index in [-0.39, 0.29) is 17.2 Å². The standard InChI is InChI=1S/C27H33N5O4S/c33-25(24-17-37-27(35)31-24)28-15-18-13-14-32(16-18)21-9-5-19(6-10-21)29-26(34)30-20-7-11-23(12-8-20)36-22-3-1-2-4-22/h5-12,18,22,24H,1-4,13-17H2,(H,28,33)(H,31,35)(H2,29,30,34). The smallest absolute Gasteiger partial charge is 0.323 e. The Morgan fingerprint density at radius 2 is 1.65 bits per heavy atom. The molecule has 0 aromatic heterocycles. The second kappa shape index (κ2) is 11.8. The predicted molar refractivity (Wildman–Crippen MR) is 147 cm³/mol. The molecule has 196 valence electrons. The summed E-state index contributed by atoms with van der Waals surface area (Å²) in [4.78, 5) is 38.2. The molecule has 2 aromatic carbocycles. The molecule has 3 fully saturated rings. The maximum Gasteiger partial charge on any atom is 0.323 e. The van der Waals surface area contributed by atoms with Crippen LogP contribution >= 0.6 is 11.8 Å². The monoisotopic (exact) mass is 523 g/mol. The van der Waals surface area contributed by atoms with Crippen molar-refractivity contribution in [2.24, 2.45) is 5.92 Å². The fourth-order valence-electron chi connectivity index (χ4n) is 4.99. The van der Waals surface area contributed by atoms with E-state index in [2.05, 4.69) is 26.2 Å². The average Bonchev–Trinajstić information content (AvgIpc) is 3.67. The van der Waals surface area contributed by atoms with Crippen LogP contribution in [0.3, 0.4) is 0 Å². The molecule has 5 rings (SSSR count). The van der Waals surface area contributed by atoms with E-state index in [1.807, 2.05) is 48.5 Å². The molecule has 0 spiro atoms. The van der Waals surface area contributed by atoms with Crippen LogP contribution in [-0.4, -0.2) is 54.7 Å². The number of thioether (sulfide) groups is 1. The molecule has 2 atom stereocenters. The number of hydrogen-bond donors (Lipinski definition) is 4. The lowest BCUT2D eigenvalue weighted by molar-refractivity contribution is -0.122. The van der Waals surface area contributed by atoms with E-state index in [9.17, 15) is 14.4 Å². The van der Waals surface area contributed by atoms with Crippen molar-refractivity contribution >= 4 is 46.0 Å². The Balaban J connectivity index is 1.04. The number of urea groups is 1. The third kappa shape index (κ3) is 6.88. The maximum absolute atomic E-state index is 12.4. The van der Waals surface area contributed by atoms with Crippen LogP contribution in [-0.2, 0) is 4.79 Å². The third-order valence-electron chi connectivity index (χ3n) is 7.05. The molecule has 2 aliphatic heterocycles. The van der Waals surface area contributed by atoms with Gasteiger partial charge in [-0.2, -0.15) is 0 Å². The minimum Gasteiger partial charge on any atom is -0.490 e. The highest BCUT2D eigenvalue weighted by atomic mass is 32.2. The number of anilines is 3. The van der Waals surface area contributed by atoms with E-state index in [1.165, 1.54) is 12.8 Å². The minimum absolute atomic E-state index is 0.112. The Hall–Kier alpha value is -3.40. The number of carbonyl (C=O) groups excluding carboxylic acids is 3. The van der Waals surface area contributed by atoms with Gasteiger partial charge in [0.1, 0.15) is 11.8 Å². The second-order valence-corrected chi connectivity index (χ2v) is 10.8. The molecule has 0 bridgehead atoms. The predicted octanol–water partition coefficient (Wildman–Crippen LogP) is 4.42. The highest BCUT2D eigenvalue weighted by molar-refractivity contribution is 8.14. The van der Waals surface area contributed by atoms with Crippen LogP contribution < -0.4 is 30.9 Å². The van der Waals surface area contributed by atoms with Gasteiger partial charge in [0.25, 0.3) is 5.24 Å². The summed E-state index contributed by atoms with van der Waals surface area (Å²) >= 11 is 1.15. The van der Waals surface area contributed by atoms with Crippen molar-refractivity contribution in [1.29, 1.82) is 0 Å². The molecule has 0 radical (unpaired) electrons. The zero-order valence-corrected chi connectivity index (χ0v) is 21.5. The Morgan fingerprint density at radius 3 is 2.30 bits per heavy atom. The summed E-state index contributed by atoms with van der Waals surface area (Å²) in [6, 6.07) is 14.5. The van der Waals surface area contributed by atoms with Crippen LogP contribution in [0.2, 0.25) is 0 Å². The first-order valence-electron chi connectivity index (χ1n) is 12.9. The van der Waals surface area contributed by atoms with E-state index >= 15 is 0 Å². The van der Waals surface area contributed by atoms with Gasteiger partial charge in [0.05, 0.1) is 6.10 Å². The van der Waals surface area contributed by atoms with Crippen molar-refractivity contribution in [3.8, 4) is 5.75 Å². The van der Waals surface area contributed by atoms with E-state index < -0.39 is 6.04 Å². The summed E-state index contributed by atoms with van der Waals surface area (Å²) in [6.45, 7) is 2.35. The van der Waals surface area contributed by atoms with Gasteiger partial charge in [0.2, 0.25) is 5.91 Å². The van der Waals surface area contributed by atoms with Gasteiger partial charge >= 0.3 is 6.03 Å². The first-order chi connectivity index (χ1) is 18.0. The van der Waals surface area contributed by atoms with E-state index in [4.69, 9.17) is 4.74 Å². The zero-order valence-electron chi connectivity index (χ0n) is 20.7. The summed E-state index contributed by atoms with van der Waals surface area (Å²) < 4.78 is 5.97. The van der Waals surface area contributed by atoms with Gasteiger partial charge in [-0.3, -0.25) is 9.59 Å². The molecule has 2 saturated heterocycles. The number of carbonyl (C=O) groups is 3. The minimum atomic E-state index is -0.429. The van der Waals surface area contributed by atoms with Crippen molar-refractivity contribution in [3.05, 3.63) is 48.5 Å². The molecule has 37 heavy (non-hydrogen) atoms. The Morgan fingerprint density at radius 1 is 0.973 bits per heavy atom. The first kappa shape index (κ1) is 25.3. The summed E-state index contributed by atoms with van der Waals surface area (Å²) in [5, 5.41) is 11.2. The first-order valence-corrected chi connectivity index (χ1v) is 13.9. The molecule has 4 N–H and O–H groups in total. The van der Waals surface area contributed by atoms with Crippen molar-refractivity contribution in [1.82, 2.24) is 10.6 Å². The Kier molecular flexibility index (Phi) is 8.03. The van der Waals surface area contributed by atoms with E-state index in [1.54, 1.807) is 0 Å². The summed E-state index contributed by atoms with van der Waals surface area (Å²) in [6.07, 6.45) is 5.97. The number of hydrogen-bond acceptors (Lipinski definition) is 6. The number of nitrogens with zero attached hydrogens (tertiary/aromatic N) is 1. The van der Waals surface area contributed by atoms with Crippen LogP contribution in [0.5, 0.6) is 5.75 Å². The topological polar surface area (TPSA) is 112 Å². The van der Waals surface area contributed by atoms with Crippen LogP contribution in [0, 0.1) is 5.92 Å². The molecule has 3 aliphatic rings. The van der Waals surface area contributed by atoms with E-state index in [0.717, 1.165) is 55.6 Å². The summed E-state index contributed by atoms with van der Waals surface area (Å²) in [5.74, 6) is 1.56. The molecule has 4 amide bonds. The quantitative estimate of drug-likeness (QED) is 0.408. The highest BCUT2D eigenvalue weighted by Crippen LogP contribution is 2.26. The molecule has 2 unspecified atom stereocenters. The highest BCUT2D eigenvalue weighted by Gasteiger charge is 2.29. The van der Waals surface area contributed by atoms with Gasteiger partial charge in [-0.15, -0.1) is 0 Å². The number of benzene rings is 2. The number of nitrogens with one attached hydrogen (secondary N) is 4. The van der Waals surface area contributed by atoms with Gasteiger partial charge in [-0.1, -0.05) is 11.8 Å². The fraction of sp³-hybridized carbons (Fsp3) is 0.444. The lowest BCUT2D eigenvalue weighted by Crippen LogP contribution is -2.44. The molecule has 9 nitrogen and oxygen atoms in total. The lowest BCUT2D eigenvalue weighted by atomic mass is 10.1. The van der Waals surface area contributed by atoms with Crippen LogP contribution in [0.25, 0.3) is 0 Å². The fourth-order valence-corrected chi connectivity index (χ4v) is 5.77. The van der Waals surface area contributed by atoms with Crippen molar-refractivity contribution < 1.29 is 19.1 Å². The molecular weight excluding hydrogens is 490 g/mol. The Bertz CT molecular complexity index is 1100. The largest absolute Gasteiger partial charge is 0.490 e. The molecule has 1 saturated carbocycles. The molecule has 10 heteroatoms. The van der Waals surface area contributed by atoms with Gasteiger partial charge < -0.3 is 30.9 Å². The van der Waals surface area contributed by atoms with Crippen molar-refractivity contribution in [3.63, 3.8) is 0 Å². The normalized spacial score (nSPS) is 21.5. The van der Waals surface area contributed by atoms with E-state index in [0.29, 0.717) is 35.7 Å². The molecule has 2 aromatic rings. The zero-order chi connectivity index (χ0) is 25.6. The van der Waals surface area contributed by atoms with Gasteiger partial charge in [-0.25, -0.2) is 4.79 Å². The third-order valence-corrected chi connectivity index (χ3v) is 7.93. The van der Waals surface area contributed by atoms with Crippen LogP contribution in [0.15, 0.2) is 48.5 Å². The maximum atomic E-state index is 12.4. The summed E-state index contributed by atoms with van der Waals surface area (Å²) in [7, 11) is 0. The lowest BCUT2D eigenvalue weighted by Gasteiger charge is -2.20. The van der Waals surface area contributed by atoms with Crippen LogP contribution in [0.4, 0.5) is 26.7 Å². The van der Waals surface area contributed by atoms with Gasteiger partial charge in [0, 0.05) is 42.4 Å². The second-order valence-electron chi connectivity index (χ2n) is 9.82. The molecular formula is C27H33N5O4S. The van der Waals surface area contributed by atoms with Crippen molar-refractivity contribution in [2.45, 2.75) is 44.2 Å². The number of ether oxygens (including phenoxy) is 1. The van der Waals surface area contributed by atoms with Gasteiger partial charge in [0.15, 0.2) is 0 Å².